The molecule has 0 fully saturated rings. The van der Waals surface area contributed by atoms with E-state index in [1.165, 1.54) is 0 Å². The van der Waals surface area contributed by atoms with Crippen molar-refractivity contribution in [2.24, 2.45) is 0 Å². The number of benzene rings is 1. The van der Waals surface area contributed by atoms with Gasteiger partial charge in [-0.15, -0.1) is 5.10 Å². The monoisotopic (exact) mass is 373 g/mol. The first-order valence-electron chi connectivity index (χ1n) is 9.31. The minimum Gasteiger partial charge on any atom is -0.380 e. The van der Waals surface area contributed by atoms with Crippen LogP contribution >= 0.6 is 0 Å². The molecular formula is C19H27N5O3. The number of carbonyl (C=O) groups is 2. The smallest absolute Gasteiger partial charge is 0.273 e. The molecule has 0 saturated carbocycles. The van der Waals surface area contributed by atoms with Gasteiger partial charge in [0.15, 0.2) is 5.69 Å². The molecule has 0 spiro atoms. The molecule has 0 atom stereocenters. The number of hydrogen-bond donors (Lipinski definition) is 2. The van der Waals surface area contributed by atoms with E-state index in [0.717, 1.165) is 17.8 Å². The Morgan fingerprint density at radius 3 is 2.44 bits per heavy atom. The Kier molecular flexibility index (Phi) is 7.94. The van der Waals surface area contributed by atoms with Crippen molar-refractivity contribution in [3.63, 3.8) is 0 Å². The van der Waals surface area contributed by atoms with Crippen LogP contribution in [0.5, 0.6) is 0 Å². The quantitative estimate of drug-likeness (QED) is 0.618. The summed E-state index contributed by atoms with van der Waals surface area (Å²) in [5, 5.41) is 13.8. The molecule has 2 aromatic rings. The Labute approximate surface area is 159 Å². The van der Waals surface area contributed by atoms with Crippen LogP contribution in [0.25, 0.3) is 5.69 Å². The van der Waals surface area contributed by atoms with Gasteiger partial charge in [0.05, 0.1) is 18.0 Å². The lowest BCUT2D eigenvalue weighted by molar-refractivity contribution is 0.0915. The van der Waals surface area contributed by atoms with Crippen LogP contribution in [0.1, 0.15) is 53.7 Å². The fraction of sp³-hybridized carbons (Fsp3) is 0.474. The highest BCUT2D eigenvalue weighted by Crippen LogP contribution is 2.16. The summed E-state index contributed by atoms with van der Waals surface area (Å²) >= 11 is 0. The van der Waals surface area contributed by atoms with Gasteiger partial charge in [-0.2, -0.15) is 0 Å². The van der Waals surface area contributed by atoms with Crippen molar-refractivity contribution >= 4 is 11.8 Å². The minimum absolute atomic E-state index is 0.120. The van der Waals surface area contributed by atoms with Gasteiger partial charge in [-0.1, -0.05) is 18.6 Å². The normalized spacial score (nSPS) is 10.6. The van der Waals surface area contributed by atoms with Gasteiger partial charge >= 0.3 is 0 Å². The van der Waals surface area contributed by atoms with Crippen LogP contribution in [-0.4, -0.2) is 53.1 Å². The molecule has 0 aliphatic carbocycles. The number of nitrogens with one attached hydrogen (secondary N) is 2. The second-order valence-corrected chi connectivity index (χ2v) is 5.91. The van der Waals surface area contributed by atoms with E-state index < -0.39 is 0 Å². The molecule has 8 nitrogen and oxygen atoms in total. The number of aromatic nitrogens is 3. The number of ether oxygens (including phenoxy) is 1. The summed E-state index contributed by atoms with van der Waals surface area (Å²) in [7, 11) is 0. The second-order valence-electron chi connectivity index (χ2n) is 5.91. The summed E-state index contributed by atoms with van der Waals surface area (Å²) in [6.45, 7) is 7.88. The van der Waals surface area contributed by atoms with Crippen molar-refractivity contribution < 1.29 is 14.3 Å². The number of rotatable bonds is 10. The molecule has 0 radical (unpaired) electrons. The van der Waals surface area contributed by atoms with E-state index in [1.54, 1.807) is 28.9 Å². The number of nitrogens with zero attached hydrogens (tertiary/aromatic N) is 3. The Morgan fingerprint density at radius 1 is 1.07 bits per heavy atom. The molecule has 8 heteroatoms. The van der Waals surface area contributed by atoms with Crippen LogP contribution in [0.3, 0.4) is 0 Å². The lowest BCUT2D eigenvalue weighted by Gasteiger charge is -2.09. The van der Waals surface area contributed by atoms with Crippen LogP contribution in [0.15, 0.2) is 24.3 Å². The zero-order valence-electron chi connectivity index (χ0n) is 16.1. The topological polar surface area (TPSA) is 98.1 Å². The average Bonchev–Trinajstić information content (AvgIpc) is 3.09. The highest BCUT2D eigenvalue weighted by atomic mass is 16.5. The van der Waals surface area contributed by atoms with Crippen molar-refractivity contribution in [2.75, 3.05) is 26.3 Å². The molecule has 146 valence electrons. The Morgan fingerprint density at radius 2 is 1.81 bits per heavy atom. The lowest BCUT2D eigenvalue weighted by atomic mass is 10.1. The van der Waals surface area contributed by atoms with Gasteiger partial charge in [0.25, 0.3) is 11.8 Å². The molecule has 0 aliphatic heterocycles. The van der Waals surface area contributed by atoms with Crippen molar-refractivity contribution in [1.82, 2.24) is 25.6 Å². The van der Waals surface area contributed by atoms with E-state index in [2.05, 4.69) is 20.9 Å². The van der Waals surface area contributed by atoms with Crippen molar-refractivity contribution in [1.29, 1.82) is 0 Å². The third-order valence-electron chi connectivity index (χ3n) is 3.91. The van der Waals surface area contributed by atoms with Gasteiger partial charge in [-0.25, -0.2) is 4.68 Å². The molecule has 2 N–H and O–H groups in total. The number of hydrogen-bond acceptors (Lipinski definition) is 5. The third kappa shape index (κ3) is 5.37. The summed E-state index contributed by atoms with van der Waals surface area (Å²) in [4.78, 5) is 24.3. The fourth-order valence-corrected chi connectivity index (χ4v) is 2.63. The molecule has 0 aliphatic rings. The maximum Gasteiger partial charge on any atom is 0.273 e. The van der Waals surface area contributed by atoms with E-state index in [-0.39, 0.29) is 11.8 Å². The zero-order valence-corrected chi connectivity index (χ0v) is 16.1. The highest BCUT2D eigenvalue weighted by Gasteiger charge is 2.20. The van der Waals surface area contributed by atoms with E-state index in [1.807, 2.05) is 20.8 Å². The van der Waals surface area contributed by atoms with Gasteiger partial charge in [-0.05, 0) is 44.5 Å². The van der Waals surface area contributed by atoms with E-state index >= 15 is 0 Å². The van der Waals surface area contributed by atoms with Gasteiger partial charge < -0.3 is 15.4 Å². The van der Waals surface area contributed by atoms with Crippen LogP contribution in [-0.2, 0) is 11.2 Å². The second kappa shape index (κ2) is 10.4. The molecule has 1 aromatic heterocycles. The first-order chi connectivity index (χ1) is 13.1. The predicted octanol–water partition coefficient (Wildman–Crippen LogP) is 1.74. The molecule has 2 amide bonds. The Balaban J connectivity index is 2.20. The van der Waals surface area contributed by atoms with Crippen molar-refractivity contribution in [3.05, 3.63) is 41.2 Å². The van der Waals surface area contributed by atoms with E-state index in [9.17, 15) is 9.59 Å². The molecular weight excluding hydrogens is 346 g/mol. The predicted molar refractivity (Wildman–Crippen MR) is 102 cm³/mol. The van der Waals surface area contributed by atoms with Gasteiger partial charge in [0, 0.05) is 25.3 Å². The largest absolute Gasteiger partial charge is 0.380 e. The maximum absolute atomic E-state index is 12.4. The van der Waals surface area contributed by atoms with Crippen molar-refractivity contribution in [2.45, 2.75) is 33.6 Å². The Bertz CT molecular complexity index is 755. The van der Waals surface area contributed by atoms with E-state index in [4.69, 9.17) is 4.74 Å². The standard InChI is InChI=1S/C19H27N5O3/c1-4-7-16-17(19(26)21-12-13-27-6-3)22-23-24(16)15-10-8-14(9-11-15)18(25)20-5-2/h8-11H,4-7,12-13H2,1-3H3,(H,20,25)(H,21,26). The molecule has 0 saturated heterocycles. The lowest BCUT2D eigenvalue weighted by Crippen LogP contribution is -2.28. The minimum atomic E-state index is -0.261. The zero-order chi connectivity index (χ0) is 19.6. The molecule has 27 heavy (non-hydrogen) atoms. The average molecular weight is 373 g/mol. The molecule has 1 heterocycles. The summed E-state index contributed by atoms with van der Waals surface area (Å²) in [6.07, 6.45) is 1.52. The highest BCUT2D eigenvalue weighted by molar-refractivity contribution is 5.94. The summed E-state index contributed by atoms with van der Waals surface area (Å²) in [5.74, 6) is -0.380. The maximum atomic E-state index is 12.4. The SMILES string of the molecule is CCCc1c(C(=O)NCCOCC)nnn1-c1ccc(C(=O)NCC)cc1. The first-order valence-corrected chi connectivity index (χ1v) is 9.31. The van der Waals surface area contributed by atoms with Gasteiger partial charge in [0.1, 0.15) is 0 Å². The first kappa shape index (κ1) is 20.6. The van der Waals surface area contributed by atoms with Crippen LogP contribution in [0, 0.1) is 0 Å². The van der Waals surface area contributed by atoms with Crippen LogP contribution in [0.4, 0.5) is 0 Å². The van der Waals surface area contributed by atoms with Crippen LogP contribution in [0.2, 0.25) is 0 Å². The molecule has 0 bridgehead atoms. The van der Waals surface area contributed by atoms with Crippen molar-refractivity contribution in [3.8, 4) is 5.69 Å². The Hall–Kier alpha value is -2.74. The van der Waals surface area contributed by atoms with Gasteiger partial charge in [-0.3, -0.25) is 9.59 Å². The number of amides is 2. The van der Waals surface area contributed by atoms with E-state index in [0.29, 0.717) is 44.0 Å². The summed E-state index contributed by atoms with van der Waals surface area (Å²) < 4.78 is 6.89. The summed E-state index contributed by atoms with van der Waals surface area (Å²) in [5.41, 5.74) is 2.40. The van der Waals surface area contributed by atoms with Crippen LogP contribution < -0.4 is 10.6 Å². The molecule has 1 aromatic carbocycles. The third-order valence-corrected chi connectivity index (χ3v) is 3.91. The number of carbonyl (C=O) groups excluding carboxylic acids is 2. The summed E-state index contributed by atoms with van der Waals surface area (Å²) in [6, 6.07) is 7.07. The fourth-order valence-electron chi connectivity index (χ4n) is 2.63. The molecule has 2 rings (SSSR count). The molecule has 0 unspecified atom stereocenters. The van der Waals surface area contributed by atoms with Gasteiger partial charge in [0.2, 0.25) is 0 Å².